The Bertz CT molecular complexity index is 923. The van der Waals surface area contributed by atoms with Crippen LogP contribution >= 0.6 is 0 Å². The second-order valence-electron chi connectivity index (χ2n) is 8.28. The highest BCUT2D eigenvalue weighted by Crippen LogP contribution is 2.31. The molecule has 2 aromatic rings. The Labute approximate surface area is 189 Å². The number of guanidine groups is 1. The van der Waals surface area contributed by atoms with E-state index >= 15 is 0 Å². The highest BCUT2D eigenvalue weighted by molar-refractivity contribution is 5.94. The lowest BCUT2D eigenvalue weighted by Gasteiger charge is -2.26. The van der Waals surface area contributed by atoms with Crippen LogP contribution < -0.4 is 16.0 Å². The van der Waals surface area contributed by atoms with Crippen LogP contribution in [0.4, 0.5) is 5.69 Å². The molecule has 0 bridgehead atoms. The van der Waals surface area contributed by atoms with Gasteiger partial charge in [0.15, 0.2) is 5.96 Å². The molecular weight excluding hydrogens is 404 g/mol. The highest BCUT2D eigenvalue weighted by atomic mass is 16.5. The van der Waals surface area contributed by atoms with Gasteiger partial charge < -0.3 is 25.4 Å². The largest absolute Gasteiger partial charge is 0.381 e. The quantitative estimate of drug-likeness (QED) is 0.459. The second kappa shape index (κ2) is 11.1. The summed E-state index contributed by atoms with van der Waals surface area (Å²) >= 11 is 0. The van der Waals surface area contributed by atoms with Crippen LogP contribution in [0.2, 0.25) is 0 Å². The van der Waals surface area contributed by atoms with Crippen molar-refractivity contribution in [2.75, 3.05) is 32.1 Å². The van der Waals surface area contributed by atoms with Crippen molar-refractivity contribution in [2.45, 2.75) is 44.4 Å². The fraction of sp³-hybridized carbons (Fsp3) is 0.440. The van der Waals surface area contributed by atoms with Crippen LogP contribution in [0.5, 0.6) is 0 Å². The summed E-state index contributed by atoms with van der Waals surface area (Å²) in [6, 6.07) is 16.4. The number of carbonyl (C=O) groups is 1. The van der Waals surface area contributed by atoms with Gasteiger partial charge in [-0.25, -0.2) is 0 Å². The first-order valence-electron chi connectivity index (χ1n) is 11.3. The zero-order valence-corrected chi connectivity index (χ0v) is 18.6. The summed E-state index contributed by atoms with van der Waals surface area (Å²) in [6.07, 6.45) is 2.73. The topological polar surface area (TPSA) is 84.0 Å². The van der Waals surface area contributed by atoms with Gasteiger partial charge in [0.1, 0.15) is 0 Å². The maximum Gasteiger partial charge on any atom is 0.225 e. The van der Waals surface area contributed by atoms with Crippen LogP contribution in [0.25, 0.3) is 0 Å². The molecule has 32 heavy (non-hydrogen) atoms. The highest BCUT2D eigenvalue weighted by Gasteiger charge is 2.24. The molecule has 1 saturated heterocycles. The number of aliphatic imine (C=N–C) groups is 1. The van der Waals surface area contributed by atoms with E-state index in [1.165, 1.54) is 11.1 Å². The number of carbonyl (C=O) groups excluding carboxylic acids is 1. The number of fused-ring (bicyclic) bond motifs is 1. The Morgan fingerprint density at radius 2 is 1.84 bits per heavy atom. The van der Waals surface area contributed by atoms with Crippen molar-refractivity contribution < 1.29 is 14.3 Å². The van der Waals surface area contributed by atoms with E-state index in [1.807, 2.05) is 18.2 Å². The van der Waals surface area contributed by atoms with Crippen molar-refractivity contribution in [1.82, 2.24) is 10.6 Å². The normalized spacial score (nSPS) is 19.2. The summed E-state index contributed by atoms with van der Waals surface area (Å²) in [5.41, 5.74) is 4.41. The molecule has 0 radical (unpaired) electrons. The summed E-state index contributed by atoms with van der Waals surface area (Å²) < 4.78 is 11.4. The minimum Gasteiger partial charge on any atom is -0.381 e. The van der Waals surface area contributed by atoms with Gasteiger partial charge in [-0.2, -0.15) is 0 Å². The van der Waals surface area contributed by atoms with E-state index in [0.717, 1.165) is 43.3 Å². The molecule has 1 amide bonds. The van der Waals surface area contributed by atoms with Crippen molar-refractivity contribution in [1.29, 1.82) is 0 Å². The van der Waals surface area contributed by atoms with E-state index in [1.54, 1.807) is 7.05 Å². The van der Waals surface area contributed by atoms with E-state index in [4.69, 9.17) is 9.47 Å². The molecule has 0 saturated carbocycles. The lowest BCUT2D eigenvalue weighted by atomic mass is 9.90. The molecule has 7 heteroatoms. The van der Waals surface area contributed by atoms with Crippen LogP contribution in [0.1, 0.15) is 41.9 Å². The minimum absolute atomic E-state index is 0.0549. The van der Waals surface area contributed by atoms with E-state index in [0.29, 0.717) is 32.2 Å². The van der Waals surface area contributed by atoms with Crippen molar-refractivity contribution in [3.05, 3.63) is 65.2 Å². The third-order valence-corrected chi connectivity index (χ3v) is 5.98. The number of rotatable bonds is 7. The molecule has 7 nitrogen and oxygen atoms in total. The molecule has 2 aliphatic rings. The first kappa shape index (κ1) is 22.3. The fourth-order valence-electron chi connectivity index (χ4n) is 4.12. The number of hydrogen-bond donors (Lipinski definition) is 3. The summed E-state index contributed by atoms with van der Waals surface area (Å²) in [7, 11) is 1.76. The van der Waals surface area contributed by atoms with Gasteiger partial charge in [0.05, 0.1) is 12.7 Å². The standard InChI is InChI=1S/C25H32N4O3/c1-26-25(28-16-20-14-24(30)29-23-5-3-2-4-22(20)23)27-15-18-6-8-19(9-7-18)17-32-21-10-12-31-13-11-21/h2-9,20-21H,10-17H2,1H3,(H,29,30)(H2,26,27,28). The molecule has 170 valence electrons. The molecule has 2 heterocycles. The molecule has 1 unspecified atom stereocenters. The predicted molar refractivity (Wildman–Crippen MR) is 126 cm³/mol. The molecule has 1 atom stereocenters. The van der Waals surface area contributed by atoms with E-state index in [2.05, 4.69) is 51.3 Å². The fourth-order valence-corrected chi connectivity index (χ4v) is 4.12. The lowest BCUT2D eigenvalue weighted by Crippen LogP contribution is -2.40. The first-order chi connectivity index (χ1) is 15.7. The average Bonchev–Trinajstić information content (AvgIpc) is 2.84. The SMILES string of the molecule is CN=C(NCc1ccc(COC2CCOCC2)cc1)NCC1CC(=O)Nc2ccccc21. The Morgan fingerprint density at radius 3 is 2.62 bits per heavy atom. The number of benzene rings is 2. The zero-order chi connectivity index (χ0) is 22.2. The molecule has 1 fully saturated rings. The van der Waals surface area contributed by atoms with Crippen molar-refractivity contribution in [2.24, 2.45) is 4.99 Å². The minimum atomic E-state index is 0.0549. The zero-order valence-electron chi connectivity index (χ0n) is 18.6. The number of para-hydroxylation sites is 1. The molecule has 4 rings (SSSR count). The number of nitrogens with one attached hydrogen (secondary N) is 3. The molecule has 2 aliphatic heterocycles. The van der Waals surface area contributed by atoms with Gasteiger partial charge in [-0.05, 0) is 35.6 Å². The monoisotopic (exact) mass is 436 g/mol. The van der Waals surface area contributed by atoms with Gasteiger partial charge in [0, 0.05) is 51.4 Å². The average molecular weight is 437 g/mol. The van der Waals surface area contributed by atoms with Gasteiger partial charge in [0.2, 0.25) is 5.91 Å². The maximum atomic E-state index is 12.0. The smallest absolute Gasteiger partial charge is 0.225 e. The third kappa shape index (κ3) is 6.08. The van der Waals surface area contributed by atoms with Gasteiger partial charge in [-0.15, -0.1) is 0 Å². The van der Waals surface area contributed by atoms with Gasteiger partial charge in [0.25, 0.3) is 0 Å². The number of amides is 1. The summed E-state index contributed by atoms with van der Waals surface area (Å²) in [5, 5.41) is 9.67. The summed E-state index contributed by atoms with van der Waals surface area (Å²) in [4.78, 5) is 16.4. The van der Waals surface area contributed by atoms with Crippen molar-refractivity contribution in [3.63, 3.8) is 0 Å². The van der Waals surface area contributed by atoms with E-state index in [-0.39, 0.29) is 11.8 Å². The van der Waals surface area contributed by atoms with Gasteiger partial charge >= 0.3 is 0 Å². The molecule has 0 aliphatic carbocycles. The van der Waals surface area contributed by atoms with Crippen LogP contribution in [0.15, 0.2) is 53.5 Å². The third-order valence-electron chi connectivity index (χ3n) is 5.98. The van der Waals surface area contributed by atoms with Crippen LogP contribution in [0.3, 0.4) is 0 Å². The number of hydrogen-bond acceptors (Lipinski definition) is 4. The van der Waals surface area contributed by atoms with E-state index in [9.17, 15) is 4.79 Å². The van der Waals surface area contributed by atoms with Crippen LogP contribution in [0, 0.1) is 0 Å². The van der Waals surface area contributed by atoms with E-state index < -0.39 is 0 Å². The van der Waals surface area contributed by atoms with Crippen molar-refractivity contribution in [3.8, 4) is 0 Å². The van der Waals surface area contributed by atoms with Crippen LogP contribution in [-0.4, -0.2) is 44.8 Å². The maximum absolute atomic E-state index is 12.0. The summed E-state index contributed by atoms with van der Waals surface area (Å²) in [5.74, 6) is 0.897. The molecule has 3 N–H and O–H groups in total. The molecule has 0 spiro atoms. The number of ether oxygens (including phenoxy) is 2. The van der Waals surface area contributed by atoms with Gasteiger partial charge in [-0.1, -0.05) is 42.5 Å². The Hall–Kier alpha value is -2.90. The summed E-state index contributed by atoms with van der Waals surface area (Å²) in [6.45, 7) is 3.54. The molecular formula is C25H32N4O3. The number of nitrogens with zero attached hydrogens (tertiary/aromatic N) is 1. The Morgan fingerprint density at radius 1 is 1.09 bits per heavy atom. The molecule has 2 aromatic carbocycles. The van der Waals surface area contributed by atoms with Gasteiger partial charge in [-0.3, -0.25) is 9.79 Å². The Balaban J connectivity index is 1.23. The molecule has 0 aromatic heterocycles. The predicted octanol–water partition coefficient (Wildman–Crippen LogP) is 3.17. The van der Waals surface area contributed by atoms with Crippen molar-refractivity contribution >= 4 is 17.6 Å². The Kier molecular flexibility index (Phi) is 7.74. The first-order valence-corrected chi connectivity index (χ1v) is 11.3. The second-order valence-corrected chi connectivity index (χ2v) is 8.28. The van der Waals surface area contributed by atoms with Crippen LogP contribution in [-0.2, 0) is 27.4 Å². The lowest BCUT2D eigenvalue weighted by molar-refractivity contribution is -0.116. The number of anilines is 1.